The molecule has 0 saturated carbocycles. The van der Waals surface area contributed by atoms with Crippen LogP contribution < -0.4 is 19.1 Å². The van der Waals surface area contributed by atoms with E-state index in [1.54, 1.807) is 55.5 Å². The minimum atomic E-state index is -3.70. The van der Waals surface area contributed by atoms with Crippen LogP contribution in [0.1, 0.15) is 27.7 Å². The van der Waals surface area contributed by atoms with Crippen LogP contribution >= 0.6 is 0 Å². The van der Waals surface area contributed by atoms with Gasteiger partial charge >= 0.3 is 0 Å². The van der Waals surface area contributed by atoms with Crippen LogP contribution in [-0.4, -0.2) is 39.3 Å². The normalized spacial score (nSPS) is 12.3. The van der Waals surface area contributed by atoms with E-state index in [1.165, 1.54) is 0 Å². The Kier molecular flexibility index (Phi) is 7.50. The first kappa shape index (κ1) is 22.5. The average Bonchev–Trinajstić information content (AvgIpc) is 2.62. The molecule has 1 amide bonds. The van der Waals surface area contributed by atoms with E-state index in [-0.39, 0.29) is 6.10 Å². The zero-order valence-electron chi connectivity index (χ0n) is 17.4. The molecule has 0 bridgehead atoms. The summed E-state index contributed by atoms with van der Waals surface area (Å²) in [6.07, 6.45) is 1.07. The minimum Gasteiger partial charge on any atom is -0.494 e. The fraction of sp³-hybridized carbons (Fsp3) is 0.381. The maximum atomic E-state index is 12.8. The Morgan fingerprint density at radius 2 is 1.72 bits per heavy atom. The number of nitrogens with zero attached hydrogens (tertiary/aromatic N) is 1. The van der Waals surface area contributed by atoms with E-state index in [0.29, 0.717) is 29.5 Å². The lowest BCUT2D eigenvalue weighted by atomic mass is 10.2. The number of anilines is 2. The molecule has 0 aliphatic carbocycles. The van der Waals surface area contributed by atoms with Gasteiger partial charge in [0, 0.05) is 11.8 Å². The molecular weight excluding hydrogens is 392 g/mol. The molecule has 1 N–H and O–H groups in total. The third-order valence-corrected chi connectivity index (χ3v) is 5.21. The fourth-order valence-electron chi connectivity index (χ4n) is 2.83. The quantitative estimate of drug-likeness (QED) is 0.669. The van der Waals surface area contributed by atoms with E-state index >= 15 is 0 Å². The predicted molar refractivity (Wildman–Crippen MR) is 115 cm³/mol. The van der Waals surface area contributed by atoms with Crippen molar-refractivity contribution < 1.29 is 22.7 Å². The van der Waals surface area contributed by atoms with Crippen molar-refractivity contribution in [3.8, 4) is 11.5 Å². The molecule has 0 radical (unpaired) electrons. The molecule has 2 aromatic carbocycles. The van der Waals surface area contributed by atoms with Crippen molar-refractivity contribution in [2.24, 2.45) is 0 Å². The van der Waals surface area contributed by atoms with Crippen LogP contribution in [0.3, 0.4) is 0 Å². The number of carbonyl (C=O) groups is 1. The van der Waals surface area contributed by atoms with Crippen molar-refractivity contribution in [3.05, 3.63) is 48.5 Å². The van der Waals surface area contributed by atoms with Crippen molar-refractivity contribution in [2.75, 3.05) is 22.5 Å². The van der Waals surface area contributed by atoms with E-state index in [1.807, 2.05) is 20.8 Å². The number of amides is 1. The third kappa shape index (κ3) is 6.39. The molecule has 0 spiro atoms. The standard InChI is InChI=1S/C21H28N2O5S/c1-6-27-19-12-10-18(11-13-19)23(29(5,25)26)16(4)21(24)22-17-8-7-9-20(14-17)28-15(2)3/h7-16H,6H2,1-5H3,(H,22,24)/t16-/m1/s1. The summed E-state index contributed by atoms with van der Waals surface area (Å²) in [5.41, 5.74) is 0.913. The zero-order valence-corrected chi connectivity index (χ0v) is 18.2. The SMILES string of the molecule is CCOc1ccc(N([C@H](C)C(=O)Nc2cccc(OC(C)C)c2)S(C)(=O)=O)cc1. The van der Waals surface area contributed by atoms with Gasteiger partial charge in [0.25, 0.3) is 0 Å². The molecule has 2 rings (SSSR count). The van der Waals surface area contributed by atoms with Gasteiger partial charge in [-0.15, -0.1) is 0 Å². The van der Waals surface area contributed by atoms with Crippen LogP contribution in [0.5, 0.6) is 11.5 Å². The summed E-state index contributed by atoms with van der Waals surface area (Å²) in [5.74, 6) is 0.798. The minimum absolute atomic E-state index is 0.000241. The van der Waals surface area contributed by atoms with Crippen molar-refractivity contribution in [1.82, 2.24) is 0 Å². The van der Waals surface area contributed by atoms with Gasteiger partial charge in [-0.3, -0.25) is 9.10 Å². The third-order valence-electron chi connectivity index (χ3n) is 3.96. The lowest BCUT2D eigenvalue weighted by Gasteiger charge is -2.28. The van der Waals surface area contributed by atoms with Crippen LogP contribution in [0.2, 0.25) is 0 Å². The largest absolute Gasteiger partial charge is 0.494 e. The summed E-state index contributed by atoms with van der Waals surface area (Å²) < 4.78 is 36.9. The molecule has 0 aliphatic rings. The van der Waals surface area contributed by atoms with Gasteiger partial charge in [0.05, 0.1) is 24.7 Å². The molecule has 0 aromatic heterocycles. The second-order valence-corrected chi connectivity index (χ2v) is 8.70. The van der Waals surface area contributed by atoms with Crippen molar-refractivity contribution in [3.63, 3.8) is 0 Å². The van der Waals surface area contributed by atoms with Gasteiger partial charge in [0.15, 0.2) is 0 Å². The maximum Gasteiger partial charge on any atom is 0.247 e. The number of rotatable bonds is 9. The number of hydrogen-bond acceptors (Lipinski definition) is 5. The van der Waals surface area contributed by atoms with E-state index < -0.39 is 22.0 Å². The highest BCUT2D eigenvalue weighted by atomic mass is 32.2. The fourth-order valence-corrected chi connectivity index (χ4v) is 4.01. The van der Waals surface area contributed by atoms with Gasteiger partial charge < -0.3 is 14.8 Å². The molecule has 0 fully saturated rings. The molecule has 29 heavy (non-hydrogen) atoms. The van der Waals surface area contributed by atoms with Gasteiger partial charge in [-0.05, 0) is 64.1 Å². The Bertz CT molecular complexity index is 926. The molecule has 158 valence electrons. The molecule has 0 saturated heterocycles. The first-order valence-electron chi connectivity index (χ1n) is 9.41. The van der Waals surface area contributed by atoms with Crippen LogP contribution in [-0.2, 0) is 14.8 Å². The topological polar surface area (TPSA) is 84.9 Å². The van der Waals surface area contributed by atoms with Crippen LogP contribution in [0, 0.1) is 0 Å². The van der Waals surface area contributed by atoms with Crippen LogP contribution in [0.25, 0.3) is 0 Å². The van der Waals surface area contributed by atoms with Crippen molar-refractivity contribution in [2.45, 2.75) is 39.8 Å². The molecule has 2 aromatic rings. The van der Waals surface area contributed by atoms with Gasteiger partial charge in [-0.2, -0.15) is 0 Å². The smallest absolute Gasteiger partial charge is 0.247 e. The molecule has 0 heterocycles. The highest BCUT2D eigenvalue weighted by Gasteiger charge is 2.29. The lowest BCUT2D eigenvalue weighted by Crippen LogP contribution is -2.45. The number of carbonyl (C=O) groups excluding carboxylic acids is 1. The molecule has 1 atom stereocenters. The first-order chi connectivity index (χ1) is 13.6. The first-order valence-corrected chi connectivity index (χ1v) is 11.3. The van der Waals surface area contributed by atoms with Gasteiger partial charge in [0.2, 0.25) is 15.9 Å². The van der Waals surface area contributed by atoms with Crippen LogP contribution in [0.15, 0.2) is 48.5 Å². The maximum absolute atomic E-state index is 12.8. The lowest BCUT2D eigenvalue weighted by molar-refractivity contribution is -0.116. The molecule has 7 nitrogen and oxygen atoms in total. The summed E-state index contributed by atoms with van der Waals surface area (Å²) in [6, 6.07) is 12.6. The Balaban J connectivity index is 2.23. The zero-order chi connectivity index (χ0) is 21.6. The Hall–Kier alpha value is -2.74. The number of ether oxygens (including phenoxy) is 2. The second-order valence-electron chi connectivity index (χ2n) is 6.85. The predicted octanol–water partition coefficient (Wildman–Crippen LogP) is 3.67. The van der Waals surface area contributed by atoms with E-state index in [2.05, 4.69) is 5.32 Å². The Morgan fingerprint density at radius 3 is 2.28 bits per heavy atom. The molecular formula is C21H28N2O5S. The van der Waals surface area contributed by atoms with E-state index in [4.69, 9.17) is 9.47 Å². The van der Waals surface area contributed by atoms with E-state index in [9.17, 15) is 13.2 Å². The summed E-state index contributed by atoms with van der Waals surface area (Å²) in [5, 5.41) is 2.76. The van der Waals surface area contributed by atoms with Crippen LogP contribution in [0.4, 0.5) is 11.4 Å². The van der Waals surface area contributed by atoms with E-state index in [0.717, 1.165) is 10.6 Å². The van der Waals surface area contributed by atoms with Gasteiger partial charge in [-0.1, -0.05) is 6.07 Å². The van der Waals surface area contributed by atoms with Gasteiger partial charge in [-0.25, -0.2) is 8.42 Å². The Morgan fingerprint density at radius 1 is 1.07 bits per heavy atom. The number of nitrogens with one attached hydrogen (secondary N) is 1. The van der Waals surface area contributed by atoms with Crippen molar-refractivity contribution >= 4 is 27.3 Å². The Labute approximate surface area is 172 Å². The average molecular weight is 421 g/mol. The molecule has 0 aliphatic heterocycles. The second kappa shape index (κ2) is 9.65. The monoisotopic (exact) mass is 420 g/mol. The molecule has 8 heteroatoms. The highest BCUT2D eigenvalue weighted by Crippen LogP contribution is 2.25. The van der Waals surface area contributed by atoms with Crippen molar-refractivity contribution in [1.29, 1.82) is 0 Å². The summed E-state index contributed by atoms with van der Waals surface area (Å²) in [7, 11) is -3.70. The molecule has 0 unspecified atom stereocenters. The summed E-state index contributed by atoms with van der Waals surface area (Å²) in [6.45, 7) is 7.74. The van der Waals surface area contributed by atoms with Gasteiger partial charge in [0.1, 0.15) is 17.5 Å². The highest BCUT2D eigenvalue weighted by molar-refractivity contribution is 7.92. The summed E-state index contributed by atoms with van der Waals surface area (Å²) >= 11 is 0. The number of sulfonamides is 1. The number of benzene rings is 2. The summed E-state index contributed by atoms with van der Waals surface area (Å²) in [4.78, 5) is 12.8. The number of hydrogen-bond donors (Lipinski definition) is 1.